The zero-order valence-electron chi connectivity index (χ0n) is 19.3. The van der Waals surface area contributed by atoms with Crippen molar-refractivity contribution in [2.24, 2.45) is 5.84 Å². The van der Waals surface area contributed by atoms with Crippen LogP contribution in [0.25, 0.3) is 0 Å². The van der Waals surface area contributed by atoms with Gasteiger partial charge in [-0.25, -0.2) is 10.6 Å². The topological polar surface area (TPSA) is 116 Å². The minimum Gasteiger partial charge on any atom is -0.374 e. The van der Waals surface area contributed by atoms with Gasteiger partial charge >= 0.3 is 6.03 Å². The standard InChI is InChI=1S/C23H31N7O3S/c1-28-8-10-29(11-9-28)19-4-6-21(7-5-19)34-27-23(32)30-12-13-33-20(16-30)14-18-3-2-17(15-25-18)22(31)26-24/h2-7,15,20H,8-14,16,24H2,1H3,(H,26,31)(H,27,32). The van der Waals surface area contributed by atoms with Gasteiger partial charge in [0.2, 0.25) is 0 Å². The van der Waals surface area contributed by atoms with E-state index < -0.39 is 0 Å². The number of nitrogens with zero attached hydrogens (tertiary/aromatic N) is 4. The van der Waals surface area contributed by atoms with Gasteiger partial charge in [0.05, 0.1) is 18.3 Å². The molecule has 1 atom stereocenters. The first kappa shape index (κ1) is 24.3. The molecule has 1 aromatic heterocycles. The third-order valence-electron chi connectivity index (χ3n) is 6.04. The number of aromatic nitrogens is 1. The number of carbonyl (C=O) groups excluding carboxylic acids is 2. The van der Waals surface area contributed by atoms with Crippen molar-refractivity contribution in [2.45, 2.75) is 17.4 Å². The van der Waals surface area contributed by atoms with Crippen LogP contribution in [0.1, 0.15) is 16.1 Å². The predicted molar refractivity (Wildman–Crippen MR) is 131 cm³/mol. The second-order valence-corrected chi connectivity index (χ2v) is 9.33. The number of piperazine rings is 1. The van der Waals surface area contributed by atoms with Crippen LogP contribution in [0.3, 0.4) is 0 Å². The third-order valence-corrected chi connectivity index (χ3v) is 6.83. The number of hydrogen-bond donors (Lipinski definition) is 3. The Bertz CT molecular complexity index is 966. The van der Waals surface area contributed by atoms with Crippen LogP contribution in [0.15, 0.2) is 47.5 Å². The molecule has 2 aliphatic heterocycles. The number of carbonyl (C=O) groups is 2. The molecule has 0 radical (unpaired) electrons. The summed E-state index contributed by atoms with van der Waals surface area (Å²) in [6.45, 7) is 5.67. The number of nitrogen functional groups attached to an aromatic ring is 1. The Labute approximate surface area is 203 Å². The van der Waals surface area contributed by atoms with Crippen molar-refractivity contribution in [3.05, 3.63) is 53.9 Å². The number of pyridine rings is 1. The van der Waals surface area contributed by atoms with Gasteiger partial charge in [0.15, 0.2) is 0 Å². The minimum atomic E-state index is -0.387. The number of urea groups is 1. The number of amides is 3. The molecule has 4 N–H and O–H groups in total. The molecule has 0 bridgehead atoms. The van der Waals surface area contributed by atoms with Crippen LogP contribution in [0.2, 0.25) is 0 Å². The normalized spacial score (nSPS) is 19.1. The lowest BCUT2D eigenvalue weighted by molar-refractivity contribution is -0.0129. The predicted octanol–water partition coefficient (Wildman–Crippen LogP) is 1.10. The van der Waals surface area contributed by atoms with Crippen LogP contribution < -0.4 is 20.9 Å². The monoisotopic (exact) mass is 485 g/mol. The van der Waals surface area contributed by atoms with Crippen molar-refractivity contribution in [2.75, 3.05) is 57.8 Å². The summed E-state index contributed by atoms with van der Waals surface area (Å²) in [5.41, 5.74) is 4.48. The molecule has 2 aromatic rings. The van der Waals surface area contributed by atoms with E-state index in [9.17, 15) is 9.59 Å². The molecule has 10 nitrogen and oxygen atoms in total. The fourth-order valence-electron chi connectivity index (χ4n) is 3.98. The summed E-state index contributed by atoms with van der Waals surface area (Å²) in [6.07, 6.45) is 1.88. The maximum Gasteiger partial charge on any atom is 0.327 e. The van der Waals surface area contributed by atoms with E-state index in [1.165, 1.54) is 23.8 Å². The second kappa shape index (κ2) is 11.5. The van der Waals surface area contributed by atoms with E-state index in [2.05, 4.69) is 44.1 Å². The lowest BCUT2D eigenvalue weighted by atomic mass is 10.1. The highest BCUT2D eigenvalue weighted by Crippen LogP contribution is 2.22. The van der Waals surface area contributed by atoms with Crippen LogP contribution in [-0.4, -0.2) is 85.7 Å². The van der Waals surface area contributed by atoms with Crippen LogP contribution in [-0.2, 0) is 11.2 Å². The van der Waals surface area contributed by atoms with Gasteiger partial charge in [0.25, 0.3) is 5.91 Å². The number of nitrogens with one attached hydrogen (secondary N) is 2. The molecule has 1 unspecified atom stereocenters. The number of hydrogen-bond acceptors (Lipinski definition) is 8. The Morgan fingerprint density at radius 3 is 2.56 bits per heavy atom. The average molecular weight is 486 g/mol. The van der Waals surface area contributed by atoms with Crippen molar-refractivity contribution in [3.63, 3.8) is 0 Å². The first-order chi connectivity index (χ1) is 16.5. The molecule has 182 valence electrons. The van der Waals surface area contributed by atoms with E-state index in [0.29, 0.717) is 31.7 Å². The van der Waals surface area contributed by atoms with Crippen LogP contribution in [0.5, 0.6) is 0 Å². The van der Waals surface area contributed by atoms with Gasteiger partial charge in [0, 0.05) is 68.2 Å². The van der Waals surface area contributed by atoms with Gasteiger partial charge in [-0.15, -0.1) is 0 Å². The molecule has 2 aliphatic rings. The fourth-order valence-corrected chi connectivity index (χ4v) is 4.59. The number of benzene rings is 1. The third kappa shape index (κ3) is 6.38. The van der Waals surface area contributed by atoms with E-state index in [-0.39, 0.29) is 18.0 Å². The summed E-state index contributed by atoms with van der Waals surface area (Å²) in [5, 5.41) is 0. The first-order valence-electron chi connectivity index (χ1n) is 11.3. The highest BCUT2D eigenvalue weighted by molar-refractivity contribution is 7.98. The van der Waals surface area contributed by atoms with Crippen molar-refractivity contribution in [1.82, 2.24) is 24.9 Å². The van der Waals surface area contributed by atoms with Crippen molar-refractivity contribution in [1.29, 1.82) is 0 Å². The Morgan fingerprint density at radius 1 is 1.12 bits per heavy atom. The Morgan fingerprint density at radius 2 is 1.88 bits per heavy atom. The van der Waals surface area contributed by atoms with Crippen LogP contribution >= 0.6 is 11.9 Å². The summed E-state index contributed by atoms with van der Waals surface area (Å²) >= 11 is 1.32. The number of ether oxygens (including phenoxy) is 1. The van der Waals surface area contributed by atoms with E-state index >= 15 is 0 Å². The number of nitrogens with two attached hydrogens (primary N) is 1. The Kier molecular flexibility index (Phi) is 8.22. The lowest BCUT2D eigenvalue weighted by Gasteiger charge is -2.34. The zero-order valence-corrected chi connectivity index (χ0v) is 20.1. The molecule has 2 fully saturated rings. The van der Waals surface area contributed by atoms with Crippen LogP contribution in [0, 0.1) is 0 Å². The molecule has 3 amide bonds. The Balaban J connectivity index is 1.24. The van der Waals surface area contributed by atoms with E-state index in [0.717, 1.165) is 36.8 Å². The number of morpholine rings is 1. The van der Waals surface area contributed by atoms with Crippen molar-refractivity contribution in [3.8, 4) is 0 Å². The molecule has 2 saturated heterocycles. The van der Waals surface area contributed by atoms with Gasteiger partial charge < -0.3 is 19.4 Å². The minimum absolute atomic E-state index is 0.135. The first-order valence-corrected chi connectivity index (χ1v) is 12.2. The van der Waals surface area contributed by atoms with Gasteiger partial charge in [-0.2, -0.15) is 0 Å². The van der Waals surface area contributed by atoms with E-state index in [4.69, 9.17) is 10.6 Å². The number of anilines is 1. The number of likely N-dealkylation sites (N-methyl/N-ethyl adjacent to an activating group) is 1. The summed E-state index contributed by atoms with van der Waals surface area (Å²) < 4.78 is 8.77. The largest absolute Gasteiger partial charge is 0.374 e. The SMILES string of the molecule is CN1CCN(c2ccc(SNC(=O)N3CCOC(Cc4ccc(C(=O)NN)cn4)C3)cc2)CC1. The highest BCUT2D eigenvalue weighted by Gasteiger charge is 2.25. The smallest absolute Gasteiger partial charge is 0.327 e. The second-order valence-electron chi connectivity index (χ2n) is 8.45. The molecule has 34 heavy (non-hydrogen) atoms. The molecular formula is C23H31N7O3S. The number of hydrazine groups is 1. The molecule has 11 heteroatoms. The maximum atomic E-state index is 12.7. The molecule has 3 heterocycles. The summed E-state index contributed by atoms with van der Waals surface area (Å²) in [7, 11) is 2.15. The van der Waals surface area contributed by atoms with E-state index in [1.54, 1.807) is 17.0 Å². The zero-order chi connectivity index (χ0) is 23.9. The van der Waals surface area contributed by atoms with Gasteiger partial charge in [-0.1, -0.05) is 0 Å². The summed E-state index contributed by atoms with van der Waals surface area (Å²) in [4.78, 5) is 36.0. The molecule has 0 saturated carbocycles. The van der Waals surface area contributed by atoms with Gasteiger partial charge in [0.1, 0.15) is 0 Å². The van der Waals surface area contributed by atoms with Gasteiger partial charge in [-0.3, -0.25) is 19.9 Å². The Hall–Kier alpha value is -2.86. The van der Waals surface area contributed by atoms with E-state index in [1.807, 2.05) is 12.1 Å². The summed E-state index contributed by atoms with van der Waals surface area (Å²) in [5.74, 6) is 4.76. The van der Waals surface area contributed by atoms with Crippen molar-refractivity contribution >= 4 is 29.6 Å². The molecule has 0 aliphatic carbocycles. The van der Waals surface area contributed by atoms with Crippen molar-refractivity contribution < 1.29 is 14.3 Å². The molecule has 1 aromatic carbocycles. The molecule has 0 spiro atoms. The average Bonchev–Trinajstić information content (AvgIpc) is 2.88. The van der Waals surface area contributed by atoms with Crippen LogP contribution in [0.4, 0.5) is 10.5 Å². The van der Waals surface area contributed by atoms with Gasteiger partial charge in [-0.05, 0) is 55.4 Å². The maximum absolute atomic E-state index is 12.7. The quantitative estimate of drug-likeness (QED) is 0.241. The summed E-state index contributed by atoms with van der Waals surface area (Å²) in [6, 6.07) is 11.6. The molecular weight excluding hydrogens is 454 g/mol. The fraction of sp³-hybridized carbons (Fsp3) is 0.435. The highest BCUT2D eigenvalue weighted by atomic mass is 32.2. The number of rotatable bonds is 6. The lowest BCUT2D eigenvalue weighted by Crippen LogP contribution is -2.49. The molecule has 4 rings (SSSR count).